The highest BCUT2D eigenvalue weighted by molar-refractivity contribution is 7.98. The van der Waals surface area contributed by atoms with E-state index in [0.717, 1.165) is 22.9 Å². The second-order valence-electron chi connectivity index (χ2n) is 7.27. The van der Waals surface area contributed by atoms with Crippen molar-refractivity contribution in [3.8, 4) is 23.0 Å². The second kappa shape index (κ2) is 9.43. The van der Waals surface area contributed by atoms with Crippen molar-refractivity contribution in [1.29, 1.82) is 0 Å². The van der Waals surface area contributed by atoms with E-state index >= 15 is 0 Å². The Bertz CT molecular complexity index is 1410. The standard InChI is InChI=1S/C26H13F7S/c27-21-13-17-12-16(6-7-19(17)25(30)20(21)8-9-26(31,32)33)24-22(28)10-15(11-23(24)29)14-34-18-4-2-1-3-5-18/h1-7,10-13H,14H2. The lowest BCUT2D eigenvalue weighted by molar-refractivity contribution is -0.0696. The fraction of sp³-hybridized carbons (Fsp3) is 0.0769. The van der Waals surface area contributed by atoms with Gasteiger partial charge in [-0.2, -0.15) is 13.2 Å². The molecule has 0 atom stereocenters. The zero-order chi connectivity index (χ0) is 24.5. The second-order valence-corrected chi connectivity index (χ2v) is 8.32. The van der Waals surface area contributed by atoms with Gasteiger partial charge < -0.3 is 0 Å². The lowest BCUT2D eigenvalue weighted by atomic mass is 9.97. The van der Waals surface area contributed by atoms with E-state index in [9.17, 15) is 30.7 Å². The molecule has 4 aromatic rings. The summed E-state index contributed by atoms with van der Waals surface area (Å²) in [7, 11) is 0. The van der Waals surface area contributed by atoms with E-state index in [1.165, 1.54) is 41.9 Å². The monoisotopic (exact) mass is 490 g/mol. The Morgan fingerprint density at radius 2 is 1.44 bits per heavy atom. The molecule has 172 valence electrons. The molecule has 0 spiro atoms. The summed E-state index contributed by atoms with van der Waals surface area (Å²) in [6.45, 7) is 0. The highest BCUT2D eigenvalue weighted by Crippen LogP contribution is 2.33. The summed E-state index contributed by atoms with van der Waals surface area (Å²) in [6, 6.07) is 16.0. The van der Waals surface area contributed by atoms with Gasteiger partial charge in [0.05, 0.1) is 11.1 Å². The van der Waals surface area contributed by atoms with Gasteiger partial charge in [-0.05, 0) is 52.9 Å². The number of alkyl halides is 3. The zero-order valence-electron chi connectivity index (χ0n) is 17.1. The maximum absolute atomic E-state index is 14.8. The first-order chi connectivity index (χ1) is 16.1. The minimum absolute atomic E-state index is 0.0256. The van der Waals surface area contributed by atoms with Crippen LogP contribution >= 0.6 is 11.8 Å². The molecule has 34 heavy (non-hydrogen) atoms. The molecule has 4 aromatic carbocycles. The molecule has 4 rings (SSSR count). The van der Waals surface area contributed by atoms with E-state index in [4.69, 9.17) is 0 Å². The van der Waals surface area contributed by atoms with Gasteiger partial charge in [-0.1, -0.05) is 36.3 Å². The third-order valence-corrected chi connectivity index (χ3v) is 5.98. The van der Waals surface area contributed by atoms with E-state index in [1.54, 1.807) is 0 Å². The van der Waals surface area contributed by atoms with Crippen LogP contribution in [0.1, 0.15) is 11.1 Å². The van der Waals surface area contributed by atoms with Gasteiger partial charge in [0, 0.05) is 22.0 Å². The number of benzene rings is 4. The van der Waals surface area contributed by atoms with Crippen LogP contribution in [-0.4, -0.2) is 6.18 Å². The average Bonchev–Trinajstić information content (AvgIpc) is 2.77. The molecular weight excluding hydrogens is 477 g/mol. The highest BCUT2D eigenvalue weighted by Gasteiger charge is 2.24. The van der Waals surface area contributed by atoms with Crippen LogP contribution in [0.2, 0.25) is 0 Å². The lowest BCUT2D eigenvalue weighted by Crippen LogP contribution is -2.02. The van der Waals surface area contributed by atoms with Gasteiger partial charge in [-0.3, -0.25) is 0 Å². The van der Waals surface area contributed by atoms with Crippen LogP contribution in [0.15, 0.2) is 71.6 Å². The number of fused-ring (bicyclic) bond motifs is 1. The molecule has 0 aliphatic heterocycles. The zero-order valence-corrected chi connectivity index (χ0v) is 17.9. The van der Waals surface area contributed by atoms with E-state index in [2.05, 4.69) is 0 Å². The molecule has 0 N–H and O–H groups in total. The molecule has 8 heteroatoms. The Kier molecular flexibility index (Phi) is 6.58. The molecule has 0 bridgehead atoms. The maximum atomic E-state index is 14.8. The first-order valence-corrected chi connectivity index (χ1v) is 10.8. The van der Waals surface area contributed by atoms with Gasteiger partial charge >= 0.3 is 6.18 Å². The van der Waals surface area contributed by atoms with Crippen LogP contribution in [0.4, 0.5) is 30.7 Å². The highest BCUT2D eigenvalue weighted by atomic mass is 32.2. The average molecular weight is 490 g/mol. The molecule has 0 nitrogen and oxygen atoms in total. The summed E-state index contributed by atoms with van der Waals surface area (Å²) in [5.74, 6) is -1.68. The summed E-state index contributed by atoms with van der Waals surface area (Å²) in [4.78, 5) is 0.935. The van der Waals surface area contributed by atoms with Crippen LogP contribution in [0.25, 0.3) is 21.9 Å². The Morgan fingerprint density at radius 3 is 2.09 bits per heavy atom. The fourth-order valence-corrected chi connectivity index (χ4v) is 4.25. The van der Waals surface area contributed by atoms with Gasteiger partial charge in [0.25, 0.3) is 0 Å². The third-order valence-electron chi connectivity index (χ3n) is 4.90. The first kappa shape index (κ1) is 23.7. The number of hydrogen-bond acceptors (Lipinski definition) is 1. The minimum Gasteiger partial charge on any atom is -0.206 e. The number of thioether (sulfide) groups is 1. The fourth-order valence-electron chi connectivity index (χ4n) is 3.40. The summed E-state index contributed by atoms with van der Waals surface area (Å²) in [5, 5.41) is -0.305. The Hall–Kier alpha value is -3.44. The maximum Gasteiger partial charge on any atom is 0.458 e. The molecule has 0 saturated carbocycles. The van der Waals surface area contributed by atoms with Crippen molar-refractivity contribution in [1.82, 2.24) is 0 Å². The van der Waals surface area contributed by atoms with Gasteiger partial charge in [0.1, 0.15) is 23.3 Å². The van der Waals surface area contributed by atoms with Crippen molar-refractivity contribution in [3.05, 3.63) is 101 Å². The molecule has 0 fully saturated rings. The summed E-state index contributed by atoms with van der Waals surface area (Å²) in [6.07, 6.45) is -4.92. The van der Waals surface area contributed by atoms with Crippen LogP contribution in [0.5, 0.6) is 0 Å². The molecule has 0 saturated heterocycles. The number of rotatable bonds is 4. The predicted molar refractivity (Wildman–Crippen MR) is 118 cm³/mol. The number of hydrogen-bond donors (Lipinski definition) is 0. The van der Waals surface area contributed by atoms with Crippen LogP contribution in [0, 0.1) is 35.1 Å². The van der Waals surface area contributed by atoms with E-state index in [-0.39, 0.29) is 21.9 Å². The molecular formula is C26H13F7S. The normalized spacial score (nSPS) is 11.4. The van der Waals surface area contributed by atoms with Crippen molar-refractivity contribution < 1.29 is 30.7 Å². The van der Waals surface area contributed by atoms with Gasteiger partial charge in [0.2, 0.25) is 0 Å². The molecule has 0 unspecified atom stereocenters. The molecule has 0 amide bonds. The van der Waals surface area contributed by atoms with Crippen molar-refractivity contribution in [2.45, 2.75) is 16.8 Å². The van der Waals surface area contributed by atoms with Crippen molar-refractivity contribution in [3.63, 3.8) is 0 Å². The van der Waals surface area contributed by atoms with E-state index < -0.39 is 35.0 Å². The van der Waals surface area contributed by atoms with Crippen molar-refractivity contribution >= 4 is 22.5 Å². The Morgan fingerprint density at radius 1 is 0.765 bits per heavy atom. The largest absolute Gasteiger partial charge is 0.458 e. The molecule has 0 aliphatic rings. The van der Waals surface area contributed by atoms with Gasteiger partial charge in [-0.25, -0.2) is 17.6 Å². The van der Waals surface area contributed by atoms with Crippen LogP contribution in [-0.2, 0) is 5.75 Å². The SMILES string of the molecule is Fc1cc2cc(-c3c(F)cc(CSc4ccccc4)cc3F)ccc2c(F)c1C#CC(F)(F)F. The summed E-state index contributed by atoms with van der Waals surface area (Å²) in [5.41, 5.74) is -0.969. The van der Waals surface area contributed by atoms with Crippen LogP contribution in [0.3, 0.4) is 0 Å². The lowest BCUT2D eigenvalue weighted by Gasteiger charge is -2.11. The molecule has 0 aromatic heterocycles. The van der Waals surface area contributed by atoms with Crippen LogP contribution < -0.4 is 0 Å². The Balaban J connectivity index is 1.68. The topological polar surface area (TPSA) is 0 Å². The smallest absolute Gasteiger partial charge is 0.206 e. The molecule has 0 radical (unpaired) electrons. The van der Waals surface area contributed by atoms with Gasteiger partial charge in [-0.15, -0.1) is 11.8 Å². The number of halogens is 7. The van der Waals surface area contributed by atoms with Crippen molar-refractivity contribution in [2.24, 2.45) is 0 Å². The first-order valence-electron chi connectivity index (χ1n) is 9.80. The summed E-state index contributed by atoms with van der Waals surface area (Å²) < 4.78 is 95.5. The molecule has 0 aliphatic carbocycles. The third kappa shape index (κ3) is 5.20. The van der Waals surface area contributed by atoms with Gasteiger partial charge in [0.15, 0.2) is 0 Å². The van der Waals surface area contributed by atoms with Crippen molar-refractivity contribution in [2.75, 3.05) is 0 Å². The minimum atomic E-state index is -4.92. The van der Waals surface area contributed by atoms with E-state index in [1.807, 2.05) is 30.3 Å². The molecule has 0 heterocycles. The van der Waals surface area contributed by atoms with E-state index in [0.29, 0.717) is 11.3 Å². The Labute approximate surface area is 194 Å². The summed E-state index contributed by atoms with van der Waals surface area (Å²) >= 11 is 1.41. The quantitative estimate of drug-likeness (QED) is 0.158. The predicted octanol–water partition coefficient (Wildman–Crippen LogP) is 8.27.